The average Bonchev–Trinajstić information content (AvgIpc) is 3.15. The van der Waals surface area contributed by atoms with Crippen molar-refractivity contribution in [3.63, 3.8) is 0 Å². The molecule has 1 aliphatic rings. The number of carbonyl (C=O) groups is 2. The first-order valence-electron chi connectivity index (χ1n) is 7.89. The van der Waals surface area contributed by atoms with Crippen molar-refractivity contribution >= 4 is 40.8 Å². The van der Waals surface area contributed by atoms with Crippen LogP contribution in [-0.4, -0.2) is 30.1 Å². The van der Waals surface area contributed by atoms with Gasteiger partial charge in [-0.2, -0.15) is 0 Å². The maximum atomic E-state index is 12.3. The van der Waals surface area contributed by atoms with E-state index in [-0.39, 0.29) is 18.2 Å². The van der Waals surface area contributed by atoms with Crippen LogP contribution in [0.15, 0.2) is 28.8 Å². The van der Waals surface area contributed by atoms with E-state index in [1.165, 1.54) is 4.90 Å². The van der Waals surface area contributed by atoms with Gasteiger partial charge in [-0.25, -0.2) is 0 Å². The first-order chi connectivity index (χ1) is 11.9. The fourth-order valence-electron chi connectivity index (χ4n) is 2.77. The van der Waals surface area contributed by atoms with Gasteiger partial charge in [-0.15, -0.1) is 0 Å². The first-order valence-corrected chi connectivity index (χ1v) is 8.65. The van der Waals surface area contributed by atoms with E-state index in [4.69, 9.17) is 27.7 Å². The molecule has 1 N–H and O–H groups in total. The van der Waals surface area contributed by atoms with E-state index in [1.54, 1.807) is 25.1 Å². The molecule has 0 spiro atoms. The Morgan fingerprint density at radius 2 is 2.20 bits per heavy atom. The van der Waals surface area contributed by atoms with Crippen molar-refractivity contribution in [1.29, 1.82) is 0 Å². The summed E-state index contributed by atoms with van der Waals surface area (Å²) in [6.07, 6.45) is 0.758. The van der Waals surface area contributed by atoms with Crippen molar-refractivity contribution in [3.8, 4) is 0 Å². The molecule has 3 rings (SSSR count). The van der Waals surface area contributed by atoms with E-state index in [2.05, 4.69) is 10.5 Å². The molecule has 8 heteroatoms. The summed E-state index contributed by atoms with van der Waals surface area (Å²) in [6.45, 7) is 2.50. The summed E-state index contributed by atoms with van der Waals surface area (Å²) in [6, 6.07) is 6.96. The highest BCUT2D eigenvalue weighted by molar-refractivity contribution is 6.35. The smallest absolute Gasteiger partial charge is 0.229 e. The lowest BCUT2D eigenvalue weighted by Gasteiger charge is -2.13. The molecule has 132 valence electrons. The van der Waals surface area contributed by atoms with Crippen LogP contribution < -0.4 is 10.2 Å². The van der Waals surface area contributed by atoms with Crippen molar-refractivity contribution in [2.45, 2.75) is 19.8 Å². The molecule has 2 amide bonds. The van der Waals surface area contributed by atoms with Gasteiger partial charge in [0.2, 0.25) is 11.8 Å². The van der Waals surface area contributed by atoms with Gasteiger partial charge in [-0.3, -0.25) is 14.5 Å². The number of carbonyl (C=O) groups excluding carboxylic acids is 2. The number of rotatable bonds is 5. The first kappa shape index (κ1) is 17.8. The Bertz CT molecular complexity index is 806. The van der Waals surface area contributed by atoms with Crippen molar-refractivity contribution in [1.82, 2.24) is 10.5 Å². The Kier molecular flexibility index (Phi) is 5.30. The number of nitrogens with one attached hydrogen (secondary N) is 1. The average molecular weight is 382 g/mol. The Balaban J connectivity index is 1.53. The number of benzene rings is 1. The number of aromatic nitrogens is 1. The highest BCUT2D eigenvalue weighted by atomic mass is 35.5. The molecule has 2 heterocycles. The van der Waals surface area contributed by atoms with Crippen molar-refractivity contribution in [3.05, 3.63) is 45.6 Å². The molecule has 1 saturated heterocycles. The van der Waals surface area contributed by atoms with E-state index >= 15 is 0 Å². The number of anilines is 1. The molecular formula is C17H17Cl2N3O3. The van der Waals surface area contributed by atoms with Gasteiger partial charge >= 0.3 is 0 Å². The second-order valence-electron chi connectivity index (χ2n) is 5.98. The molecule has 1 atom stereocenters. The lowest BCUT2D eigenvalue weighted by molar-refractivity contribution is -0.126. The van der Waals surface area contributed by atoms with Gasteiger partial charge in [0.1, 0.15) is 5.76 Å². The zero-order valence-electron chi connectivity index (χ0n) is 13.6. The Morgan fingerprint density at radius 3 is 2.88 bits per heavy atom. The van der Waals surface area contributed by atoms with Gasteiger partial charge in [0, 0.05) is 35.6 Å². The highest BCUT2D eigenvalue weighted by Crippen LogP contribution is 2.25. The zero-order chi connectivity index (χ0) is 18.0. The molecule has 25 heavy (non-hydrogen) atoms. The van der Waals surface area contributed by atoms with Crippen LogP contribution >= 0.6 is 23.2 Å². The quantitative estimate of drug-likeness (QED) is 0.863. The monoisotopic (exact) mass is 381 g/mol. The molecule has 6 nitrogen and oxygen atoms in total. The van der Waals surface area contributed by atoms with Gasteiger partial charge in [0.05, 0.1) is 5.92 Å². The van der Waals surface area contributed by atoms with Gasteiger partial charge in [-0.1, -0.05) is 34.4 Å². The van der Waals surface area contributed by atoms with Gasteiger partial charge in [0.15, 0.2) is 5.82 Å². The van der Waals surface area contributed by atoms with Crippen LogP contribution in [0.2, 0.25) is 10.0 Å². The minimum Gasteiger partial charge on any atom is -0.360 e. The molecular weight excluding hydrogens is 365 g/mol. The maximum absolute atomic E-state index is 12.3. The predicted molar refractivity (Wildman–Crippen MR) is 94.9 cm³/mol. The zero-order valence-corrected chi connectivity index (χ0v) is 15.1. The lowest BCUT2D eigenvalue weighted by Crippen LogP contribution is -2.34. The molecule has 2 aromatic rings. The van der Waals surface area contributed by atoms with Gasteiger partial charge in [-0.05, 0) is 31.0 Å². The molecule has 1 aliphatic heterocycles. The Hall–Kier alpha value is -2.05. The highest BCUT2D eigenvalue weighted by Gasteiger charge is 2.36. The SMILES string of the molecule is Cc1cc(N2CC(C(=O)NCCc3ccc(Cl)cc3Cl)CC2=O)no1. The van der Waals surface area contributed by atoms with Gasteiger partial charge in [0.25, 0.3) is 0 Å². The summed E-state index contributed by atoms with van der Waals surface area (Å²) in [5.74, 6) is 0.391. The summed E-state index contributed by atoms with van der Waals surface area (Å²) < 4.78 is 4.99. The molecule has 1 aromatic heterocycles. The van der Waals surface area contributed by atoms with Crippen LogP contribution in [0.3, 0.4) is 0 Å². The molecule has 0 radical (unpaired) electrons. The number of halogens is 2. The Labute approximate surface area is 155 Å². The standard InChI is InChI=1S/C17H17Cl2N3O3/c1-10-6-15(21-25-10)22-9-12(7-16(22)23)17(24)20-5-4-11-2-3-13(18)8-14(11)19/h2-3,6,8,12H,4-5,7,9H2,1H3,(H,20,24). The fourth-order valence-corrected chi connectivity index (χ4v) is 3.28. The minimum atomic E-state index is -0.398. The Morgan fingerprint density at radius 1 is 1.40 bits per heavy atom. The van der Waals surface area contributed by atoms with Crippen LogP contribution in [0, 0.1) is 12.8 Å². The van der Waals surface area contributed by atoms with E-state index in [1.807, 2.05) is 6.07 Å². The van der Waals surface area contributed by atoms with Crippen LogP contribution in [-0.2, 0) is 16.0 Å². The summed E-state index contributed by atoms with van der Waals surface area (Å²) in [7, 11) is 0. The number of aryl methyl sites for hydroxylation is 1. The van der Waals surface area contributed by atoms with E-state index < -0.39 is 5.92 Å². The van der Waals surface area contributed by atoms with E-state index in [0.717, 1.165) is 5.56 Å². The number of nitrogens with zero attached hydrogens (tertiary/aromatic N) is 2. The summed E-state index contributed by atoms with van der Waals surface area (Å²) in [5.41, 5.74) is 0.911. The van der Waals surface area contributed by atoms with Crippen molar-refractivity contribution in [2.75, 3.05) is 18.0 Å². The lowest BCUT2D eigenvalue weighted by atomic mass is 10.1. The topological polar surface area (TPSA) is 75.4 Å². The third kappa shape index (κ3) is 4.14. The summed E-state index contributed by atoms with van der Waals surface area (Å²) in [5, 5.41) is 7.84. The minimum absolute atomic E-state index is 0.130. The third-order valence-corrected chi connectivity index (χ3v) is 4.68. The van der Waals surface area contributed by atoms with Crippen LogP contribution in [0.4, 0.5) is 5.82 Å². The van der Waals surface area contributed by atoms with Crippen LogP contribution in [0.1, 0.15) is 17.7 Å². The van der Waals surface area contributed by atoms with Crippen molar-refractivity contribution in [2.24, 2.45) is 5.92 Å². The maximum Gasteiger partial charge on any atom is 0.229 e. The van der Waals surface area contributed by atoms with E-state index in [9.17, 15) is 9.59 Å². The van der Waals surface area contributed by atoms with Crippen LogP contribution in [0.5, 0.6) is 0 Å². The van der Waals surface area contributed by atoms with E-state index in [0.29, 0.717) is 41.1 Å². The molecule has 0 bridgehead atoms. The molecule has 1 aromatic carbocycles. The number of hydrogen-bond donors (Lipinski definition) is 1. The van der Waals surface area contributed by atoms with Gasteiger partial charge < -0.3 is 9.84 Å². The summed E-state index contributed by atoms with van der Waals surface area (Å²) in [4.78, 5) is 25.9. The summed E-state index contributed by atoms with van der Waals surface area (Å²) >= 11 is 12.0. The van der Waals surface area contributed by atoms with Crippen molar-refractivity contribution < 1.29 is 14.1 Å². The fraction of sp³-hybridized carbons (Fsp3) is 0.353. The normalized spacial score (nSPS) is 17.2. The largest absolute Gasteiger partial charge is 0.360 e. The second-order valence-corrected chi connectivity index (χ2v) is 6.82. The predicted octanol–water partition coefficient (Wildman–Crippen LogP) is 3.00. The molecule has 0 saturated carbocycles. The third-order valence-electron chi connectivity index (χ3n) is 4.10. The number of amides is 2. The molecule has 1 fully saturated rings. The number of hydrogen-bond acceptors (Lipinski definition) is 4. The molecule has 1 unspecified atom stereocenters. The second kappa shape index (κ2) is 7.45. The van der Waals surface area contributed by atoms with Crippen LogP contribution in [0.25, 0.3) is 0 Å². The molecule has 0 aliphatic carbocycles.